The van der Waals surface area contributed by atoms with Crippen LogP contribution in [0.1, 0.15) is 12.8 Å². The van der Waals surface area contributed by atoms with E-state index in [1.165, 1.54) is 5.00 Å². The van der Waals surface area contributed by atoms with Gasteiger partial charge >= 0.3 is 0 Å². The van der Waals surface area contributed by atoms with Gasteiger partial charge in [-0.15, -0.1) is 35.3 Å². The van der Waals surface area contributed by atoms with Crippen molar-refractivity contribution >= 4 is 52.2 Å². The molecule has 23 heavy (non-hydrogen) atoms. The van der Waals surface area contributed by atoms with Gasteiger partial charge in [-0.3, -0.25) is 9.79 Å². The lowest BCUT2D eigenvalue weighted by molar-refractivity contribution is -0.120. The number of anilines is 1. The number of hydrogen-bond acceptors (Lipinski definition) is 4. The van der Waals surface area contributed by atoms with Crippen molar-refractivity contribution in [1.82, 2.24) is 15.5 Å². The first-order valence-corrected chi connectivity index (χ1v) is 8.67. The molecule has 2 aliphatic rings. The maximum Gasteiger partial charge on any atom is 0.239 e. The number of carbonyl (C=O) groups excluding carboxylic acids is 1. The fraction of sp³-hybridized carbons (Fsp3) is 0.600. The van der Waals surface area contributed by atoms with Gasteiger partial charge in [0.2, 0.25) is 5.91 Å². The average molecular weight is 449 g/mol. The van der Waals surface area contributed by atoms with Crippen LogP contribution in [-0.2, 0) is 4.79 Å². The van der Waals surface area contributed by atoms with E-state index >= 15 is 0 Å². The van der Waals surface area contributed by atoms with Crippen LogP contribution in [0.5, 0.6) is 0 Å². The van der Waals surface area contributed by atoms with Gasteiger partial charge in [0.25, 0.3) is 0 Å². The zero-order valence-electron chi connectivity index (χ0n) is 13.3. The molecular weight excluding hydrogens is 425 g/mol. The van der Waals surface area contributed by atoms with Crippen molar-refractivity contribution in [2.24, 2.45) is 4.99 Å². The van der Waals surface area contributed by atoms with Gasteiger partial charge < -0.3 is 20.4 Å². The fourth-order valence-corrected chi connectivity index (χ4v) is 3.37. The maximum absolute atomic E-state index is 11.8. The van der Waals surface area contributed by atoms with Crippen LogP contribution < -0.4 is 15.5 Å². The smallest absolute Gasteiger partial charge is 0.239 e. The molecule has 0 bridgehead atoms. The summed E-state index contributed by atoms with van der Waals surface area (Å²) in [7, 11) is 1.77. The second kappa shape index (κ2) is 8.72. The van der Waals surface area contributed by atoms with Gasteiger partial charge in [0, 0.05) is 39.3 Å². The Kier molecular flexibility index (Phi) is 6.94. The van der Waals surface area contributed by atoms with Gasteiger partial charge in [0.05, 0.1) is 11.5 Å². The topological polar surface area (TPSA) is 60.0 Å². The maximum atomic E-state index is 11.8. The minimum absolute atomic E-state index is 0. The van der Waals surface area contributed by atoms with Crippen LogP contribution >= 0.6 is 35.3 Å². The van der Waals surface area contributed by atoms with Crippen LogP contribution in [0.4, 0.5) is 5.00 Å². The van der Waals surface area contributed by atoms with E-state index in [1.807, 2.05) is 0 Å². The van der Waals surface area contributed by atoms with E-state index in [0.29, 0.717) is 12.6 Å². The summed E-state index contributed by atoms with van der Waals surface area (Å²) in [6.07, 6.45) is 2.23. The van der Waals surface area contributed by atoms with Gasteiger partial charge in [-0.25, -0.2) is 0 Å². The molecule has 1 saturated heterocycles. The van der Waals surface area contributed by atoms with Crippen molar-refractivity contribution in [3.63, 3.8) is 0 Å². The highest BCUT2D eigenvalue weighted by molar-refractivity contribution is 14.0. The highest BCUT2D eigenvalue weighted by Crippen LogP contribution is 2.22. The molecule has 3 rings (SSSR count). The van der Waals surface area contributed by atoms with Crippen LogP contribution in [0.3, 0.4) is 0 Å². The molecule has 0 spiro atoms. The summed E-state index contributed by atoms with van der Waals surface area (Å²) in [4.78, 5) is 20.7. The molecule has 1 aromatic rings. The lowest BCUT2D eigenvalue weighted by Gasteiger charge is -2.36. The van der Waals surface area contributed by atoms with E-state index in [-0.39, 0.29) is 29.9 Å². The first kappa shape index (κ1) is 18.3. The molecule has 1 aromatic heterocycles. The second-order valence-corrected chi connectivity index (χ2v) is 6.59. The highest BCUT2D eigenvalue weighted by Gasteiger charge is 2.24. The zero-order chi connectivity index (χ0) is 15.4. The number of carbonyl (C=O) groups is 1. The standard InChI is InChI=1S/C15H23N5OS.HI/c1-16-15(17-11-13(21)18-12-4-5-12)20-8-6-19(7-9-20)14-3-2-10-22-14;/h2-3,10,12H,4-9,11H2,1H3,(H,16,17)(H,18,21);1H. The Morgan fingerprint density at radius 2 is 2.09 bits per heavy atom. The van der Waals surface area contributed by atoms with Crippen molar-refractivity contribution in [1.29, 1.82) is 0 Å². The number of halogens is 1. The number of hydrogen-bond donors (Lipinski definition) is 2. The predicted octanol–water partition coefficient (Wildman–Crippen LogP) is 1.34. The molecule has 0 unspecified atom stereocenters. The number of aliphatic imine (C=N–C) groups is 1. The van der Waals surface area contributed by atoms with Crippen LogP contribution in [0.25, 0.3) is 0 Å². The van der Waals surface area contributed by atoms with Crippen LogP contribution in [0, 0.1) is 0 Å². The number of nitrogens with zero attached hydrogens (tertiary/aromatic N) is 3. The molecule has 2 heterocycles. The van der Waals surface area contributed by atoms with Crippen molar-refractivity contribution < 1.29 is 4.79 Å². The largest absolute Gasteiger partial charge is 0.360 e. The Labute approximate surface area is 158 Å². The fourth-order valence-electron chi connectivity index (χ4n) is 2.59. The molecule has 1 amide bonds. The predicted molar refractivity (Wildman–Crippen MR) is 106 cm³/mol. The normalized spacial score (nSPS) is 18.4. The van der Waals surface area contributed by atoms with Gasteiger partial charge in [0.15, 0.2) is 5.96 Å². The number of rotatable bonds is 4. The number of guanidine groups is 1. The summed E-state index contributed by atoms with van der Waals surface area (Å²) < 4.78 is 0. The third-order valence-electron chi connectivity index (χ3n) is 3.96. The van der Waals surface area contributed by atoms with E-state index in [9.17, 15) is 4.79 Å². The molecule has 2 fully saturated rings. The average Bonchev–Trinajstić information content (AvgIpc) is 3.17. The number of nitrogens with one attached hydrogen (secondary N) is 2. The lowest BCUT2D eigenvalue weighted by Crippen LogP contribution is -2.53. The molecule has 0 radical (unpaired) electrons. The SMILES string of the molecule is CN=C(NCC(=O)NC1CC1)N1CCN(c2cccs2)CC1.I. The summed E-state index contributed by atoms with van der Waals surface area (Å²) in [5.74, 6) is 0.873. The summed E-state index contributed by atoms with van der Waals surface area (Å²) >= 11 is 1.78. The molecule has 1 aliphatic heterocycles. The van der Waals surface area contributed by atoms with Crippen molar-refractivity contribution in [2.75, 3.05) is 44.7 Å². The Morgan fingerprint density at radius 1 is 1.35 bits per heavy atom. The van der Waals surface area contributed by atoms with E-state index in [2.05, 4.69) is 42.9 Å². The van der Waals surface area contributed by atoms with Crippen molar-refractivity contribution in [3.8, 4) is 0 Å². The van der Waals surface area contributed by atoms with E-state index in [1.54, 1.807) is 18.4 Å². The number of amides is 1. The van der Waals surface area contributed by atoms with Crippen LogP contribution in [0.2, 0.25) is 0 Å². The molecule has 6 nitrogen and oxygen atoms in total. The molecule has 128 valence electrons. The summed E-state index contributed by atoms with van der Waals surface area (Å²) in [6, 6.07) is 4.66. The van der Waals surface area contributed by atoms with Crippen LogP contribution in [0.15, 0.2) is 22.5 Å². The van der Waals surface area contributed by atoms with Crippen molar-refractivity contribution in [3.05, 3.63) is 17.5 Å². The Morgan fingerprint density at radius 3 is 2.65 bits per heavy atom. The second-order valence-electron chi connectivity index (χ2n) is 5.67. The van der Waals surface area contributed by atoms with E-state index in [4.69, 9.17) is 0 Å². The summed E-state index contributed by atoms with van der Waals surface area (Å²) in [5.41, 5.74) is 0. The highest BCUT2D eigenvalue weighted by atomic mass is 127. The lowest BCUT2D eigenvalue weighted by atomic mass is 10.3. The van der Waals surface area contributed by atoms with Crippen LogP contribution in [-0.4, -0.2) is 62.6 Å². The summed E-state index contributed by atoms with van der Waals surface area (Å²) in [6.45, 7) is 4.10. The Bertz CT molecular complexity index is 524. The molecule has 1 saturated carbocycles. The van der Waals surface area contributed by atoms with Gasteiger partial charge in [-0.05, 0) is 30.4 Å². The minimum atomic E-state index is 0. The monoisotopic (exact) mass is 449 g/mol. The first-order valence-electron chi connectivity index (χ1n) is 7.79. The van der Waals surface area contributed by atoms with E-state index < -0.39 is 0 Å². The molecule has 0 atom stereocenters. The zero-order valence-corrected chi connectivity index (χ0v) is 16.5. The first-order chi connectivity index (χ1) is 10.8. The minimum Gasteiger partial charge on any atom is -0.360 e. The van der Waals surface area contributed by atoms with E-state index in [0.717, 1.165) is 45.0 Å². The third kappa shape index (κ3) is 5.23. The summed E-state index contributed by atoms with van der Waals surface area (Å²) in [5, 5.41) is 9.59. The molecule has 8 heteroatoms. The molecular formula is C15H24IN5OS. The number of piperazine rings is 1. The van der Waals surface area contributed by atoms with Gasteiger partial charge in [-0.1, -0.05) is 0 Å². The molecule has 1 aliphatic carbocycles. The van der Waals surface area contributed by atoms with Gasteiger partial charge in [-0.2, -0.15) is 0 Å². The number of thiophene rings is 1. The molecule has 0 aromatic carbocycles. The van der Waals surface area contributed by atoms with Crippen molar-refractivity contribution in [2.45, 2.75) is 18.9 Å². The molecule has 2 N–H and O–H groups in total. The third-order valence-corrected chi connectivity index (χ3v) is 4.89. The Hall–Kier alpha value is -1.03. The Balaban J connectivity index is 0.00000192. The quantitative estimate of drug-likeness (QED) is 0.414. The van der Waals surface area contributed by atoms with Gasteiger partial charge in [0.1, 0.15) is 0 Å².